The lowest BCUT2D eigenvalue weighted by Crippen LogP contribution is -2.42. The van der Waals surface area contributed by atoms with Crippen LogP contribution in [0, 0.1) is 0 Å². The fourth-order valence-electron chi connectivity index (χ4n) is 2.00. The van der Waals surface area contributed by atoms with Crippen molar-refractivity contribution in [1.29, 1.82) is 0 Å². The third-order valence-corrected chi connectivity index (χ3v) is 2.95. The van der Waals surface area contributed by atoms with Gasteiger partial charge in [0.25, 0.3) is 0 Å². The first kappa shape index (κ1) is 12.1. The quantitative estimate of drug-likeness (QED) is 0.806. The van der Waals surface area contributed by atoms with Crippen LogP contribution in [0.25, 0.3) is 0 Å². The Morgan fingerprint density at radius 2 is 2.24 bits per heavy atom. The molecule has 1 N–H and O–H groups in total. The lowest BCUT2D eigenvalue weighted by Gasteiger charge is -2.27. The van der Waals surface area contributed by atoms with Crippen molar-refractivity contribution < 1.29 is 9.53 Å². The van der Waals surface area contributed by atoms with Crippen molar-refractivity contribution in [3.63, 3.8) is 0 Å². The average molecular weight is 237 g/mol. The summed E-state index contributed by atoms with van der Waals surface area (Å²) in [6, 6.07) is 4.00. The third-order valence-electron chi connectivity index (χ3n) is 2.95. The smallest absolute Gasteiger partial charge is 0.242 e. The molecule has 0 bridgehead atoms. The van der Waals surface area contributed by atoms with Crippen LogP contribution in [0.15, 0.2) is 18.3 Å². The summed E-state index contributed by atoms with van der Waals surface area (Å²) >= 11 is 0. The lowest BCUT2D eigenvalue weighted by molar-refractivity contribution is -0.135. The van der Waals surface area contributed by atoms with Gasteiger partial charge in [-0.15, -0.1) is 0 Å². The first-order valence-electron chi connectivity index (χ1n) is 5.95. The van der Waals surface area contributed by atoms with Crippen LogP contribution in [0.2, 0.25) is 0 Å². The maximum atomic E-state index is 12.1. The molecule has 1 aromatic heterocycles. The first-order chi connectivity index (χ1) is 8.31. The minimum absolute atomic E-state index is 0.168. The van der Waals surface area contributed by atoms with Gasteiger partial charge in [0.15, 0.2) is 0 Å². The highest BCUT2D eigenvalue weighted by molar-refractivity contribution is 5.76. The number of carbonyl (C=O) groups is 1. The summed E-state index contributed by atoms with van der Waals surface area (Å²) in [5.74, 6) is 0.168. The Labute approximate surface area is 101 Å². The summed E-state index contributed by atoms with van der Waals surface area (Å²) in [6.07, 6.45) is 1.95. The molecule has 1 aliphatic heterocycles. The maximum Gasteiger partial charge on any atom is 0.242 e. The second-order valence-corrected chi connectivity index (χ2v) is 4.15. The van der Waals surface area contributed by atoms with Gasteiger partial charge in [-0.2, -0.15) is 0 Å². The second kappa shape index (κ2) is 5.84. The summed E-state index contributed by atoms with van der Waals surface area (Å²) in [4.78, 5) is 13.9. The zero-order valence-corrected chi connectivity index (χ0v) is 10.2. The molecule has 2 heterocycles. The molecule has 1 aliphatic rings. The van der Waals surface area contributed by atoms with Crippen molar-refractivity contribution in [3.8, 4) is 0 Å². The maximum absolute atomic E-state index is 12.1. The van der Waals surface area contributed by atoms with Crippen LogP contribution in [0.4, 0.5) is 0 Å². The second-order valence-electron chi connectivity index (χ2n) is 4.15. The van der Waals surface area contributed by atoms with Gasteiger partial charge in [0.1, 0.15) is 6.54 Å². The fourth-order valence-corrected chi connectivity index (χ4v) is 2.00. The van der Waals surface area contributed by atoms with Gasteiger partial charge < -0.3 is 19.5 Å². The normalized spacial score (nSPS) is 16.2. The van der Waals surface area contributed by atoms with Gasteiger partial charge >= 0.3 is 0 Å². The molecule has 0 aromatic carbocycles. The fraction of sp³-hybridized carbons (Fsp3) is 0.583. The number of nitrogens with one attached hydrogen (secondary N) is 1. The minimum atomic E-state index is 0.168. The predicted octanol–water partition coefficient (Wildman–Crippen LogP) is 0.0663. The monoisotopic (exact) mass is 237 g/mol. The van der Waals surface area contributed by atoms with E-state index in [1.54, 1.807) is 0 Å². The number of morpholine rings is 1. The molecule has 17 heavy (non-hydrogen) atoms. The van der Waals surface area contributed by atoms with Gasteiger partial charge in [-0.05, 0) is 19.2 Å². The van der Waals surface area contributed by atoms with Gasteiger partial charge in [-0.1, -0.05) is 0 Å². The molecule has 0 aliphatic carbocycles. The van der Waals surface area contributed by atoms with E-state index in [-0.39, 0.29) is 5.91 Å². The molecule has 5 heteroatoms. The summed E-state index contributed by atoms with van der Waals surface area (Å²) in [7, 11) is 1.90. The van der Waals surface area contributed by atoms with Crippen molar-refractivity contribution >= 4 is 5.91 Å². The molecular formula is C12H19N3O2. The van der Waals surface area contributed by atoms with Gasteiger partial charge in [0.2, 0.25) is 5.91 Å². The number of hydrogen-bond donors (Lipinski definition) is 1. The Bertz CT molecular complexity index is 370. The molecule has 1 fully saturated rings. The van der Waals surface area contributed by atoms with E-state index in [0.717, 1.165) is 12.2 Å². The summed E-state index contributed by atoms with van der Waals surface area (Å²) in [5.41, 5.74) is 1.13. The van der Waals surface area contributed by atoms with Crippen LogP contribution in [0.5, 0.6) is 0 Å². The van der Waals surface area contributed by atoms with Gasteiger partial charge in [0, 0.05) is 31.5 Å². The standard InChI is InChI=1S/C12H19N3O2/c1-13-9-11-3-2-4-15(11)10-12(16)14-5-7-17-8-6-14/h2-4,13H,5-10H2,1H3. The molecule has 0 atom stereocenters. The average Bonchev–Trinajstić information content (AvgIpc) is 2.78. The SMILES string of the molecule is CNCc1cccn1CC(=O)N1CCOCC1. The highest BCUT2D eigenvalue weighted by Gasteiger charge is 2.17. The van der Waals surface area contributed by atoms with Crippen LogP contribution in [-0.2, 0) is 22.6 Å². The topological polar surface area (TPSA) is 46.5 Å². The summed E-state index contributed by atoms with van der Waals surface area (Å²) < 4.78 is 7.23. The molecular weight excluding hydrogens is 218 g/mol. The van der Waals surface area contributed by atoms with Crippen molar-refractivity contribution in [2.24, 2.45) is 0 Å². The first-order valence-corrected chi connectivity index (χ1v) is 5.95. The van der Waals surface area contributed by atoms with Gasteiger partial charge in [-0.25, -0.2) is 0 Å². The Kier molecular flexibility index (Phi) is 4.17. The number of nitrogens with zero attached hydrogens (tertiary/aromatic N) is 2. The Morgan fingerprint density at radius 1 is 1.47 bits per heavy atom. The molecule has 1 saturated heterocycles. The van der Waals surface area contributed by atoms with Crippen LogP contribution in [0.1, 0.15) is 5.69 Å². The molecule has 1 amide bonds. The Balaban J connectivity index is 1.94. The number of ether oxygens (including phenoxy) is 1. The highest BCUT2D eigenvalue weighted by Crippen LogP contribution is 2.05. The van der Waals surface area contributed by atoms with E-state index in [9.17, 15) is 4.79 Å². The van der Waals surface area contributed by atoms with Crippen molar-refractivity contribution in [3.05, 3.63) is 24.0 Å². The predicted molar refractivity (Wildman–Crippen MR) is 64.6 cm³/mol. The number of aromatic nitrogens is 1. The van der Waals surface area contributed by atoms with Crippen molar-refractivity contribution in [1.82, 2.24) is 14.8 Å². The van der Waals surface area contributed by atoms with Crippen LogP contribution < -0.4 is 5.32 Å². The van der Waals surface area contributed by atoms with Crippen molar-refractivity contribution in [2.75, 3.05) is 33.4 Å². The zero-order chi connectivity index (χ0) is 12.1. The largest absolute Gasteiger partial charge is 0.378 e. The van der Waals surface area contributed by atoms with E-state index >= 15 is 0 Å². The number of rotatable bonds is 4. The number of amides is 1. The van der Waals surface area contributed by atoms with E-state index in [2.05, 4.69) is 5.32 Å². The van der Waals surface area contributed by atoms with Crippen LogP contribution in [-0.4, -0.2) is 48.7 Å². The number of hydrogen-bond acceptors (Lipinski definition) is 3. The van der Waals surface area contributed by atoms with E-state index < -0.39 is 0 Å². The van der Waals surface area contributed by atoms with Gasteiger partial charge in [0.05, 0.1) is 13.2 Å². The zero-order valence-electron chi connectivity index (χ0n) is 10.2. The minimum Gasteiger partial charge on any atom is -0.378 e. The third kappa shape index (κ3) is 3.08. The molecule has 5 nitrogen and oxygen atoms in total. The number of carbonyl (C=O) groups excluding carboxylic acids is 1. The molecule has 0 spiro atoms. The lowest BCUT2D eigenvalue weighted by atomic mass is 10.3. The van der Waals surface area contributed by atoms with E-state index in [0.29, 0.717) is 32.8 Å². The summed E-state index contributed by atoms with van der Waals surface area (Å²) in [5, 5.41) is 3.10. The van der Waals surface area contributed by atoms with E-state index in [4.69, 9.17) is 4.74 Å². The molecule has 2 rings (SSSR count). The molecule has 0 radical (unpaired) electrons. The molecule has 1 aromatic rings. The Morgan fingerprint density at radius 3 is 2.94 bits per heavy atom. The van der Waals surface area contributed by atoms with Crippen LogP contribution in [0.3, 0.4) is 0 Å². The van der Waals surface area contributed by atoms with Crippen LogP contribution >= 0.6 is 0 Å². The molecule has 0 unspecified atom stereocenters. The summed E-state index contributed by atoms with van der Waals surface area (Å²) in [6.45, 7) is 3.93. The molecule has 94 valence electrons. The van der Waals surface area contributed by atoms with Gasteiger partial charge in [-0.3, -0.25) is 4.79 Å². The Hall–Kier alpha value is -1.33. The molecule has 0 saturated carbocycles. The van der Waals surface area contributed by atoms with E-state index in [1.165, 1.54) is 0 Å². The van der Waals surface area contributed by atoms with E-state index in [1.807, 2.05) is 34.8 Å². The van der Waals surface area contributed by atoms with Crippen molar-refractivity contribution in [2.45, 2.75) is 13.1 Å². The highest BCUT2D eigenvalue weighted by atomic mass is 16.5.